The Kier molecular flexibility index (Phi) is 5.54. The number of aryl methyl sites for hydroxylation is 1. The fourth-order valence-corrected chi connectivity index (χ4v) is 4.68. The highest BCUT2D eigenvalue weighted by atomic mass is 32.3. The summed E-state index contributed by atoms with van der Waals surface area (Å²) >= 11 is 0. The van der Waals surface area contributed by atoms with Crippen molar-refractivity contribution >= 4 is 28.4 Å². The molecule has 0 saturated carbocycles. The van der Waals surface area contributed by atoms with E-state index in [4.69, 9.17) is 10.5 Å². The predicted octanol–water partition coefficient (Wildman–Crippen LogP) is 3.03. The Morgan fingerprint density at radius 2 is 2.23 bits per heavy atom. The number of hydrogen-bond acceptors (Lipinski definition) is 8. The molecule has 1 aromatic heterocycles. The Labute approximate surface area is 176 Å². The van der Waals surface area contributed by atoms with Crippen LogP contribution in [0.25, 0.3) is 0 Å². The van der Waals surface area contributed by atoms with Gasteiger partial charge >= 0.3 is 0 Å². The van der Waals surface area contributed by atoms with Crippen molar-refractivity contribution < 1.29 is 18.6 Å². The highest BCUT2D eigenvalue weighted by Gasteiger charge is 2.28. The lowest BCUT2D eigenvalue weighted by molar-refractivity contribution is 0.0633. The lowest BCUT2D eigenvalue weighted by Gasteiger charge is -2.34. The van der Waals surface area contributed by atoms with Crippen LogP contribution in [0.5, 0.6) is 5.75 Å². The van der Waals surface area contributed by atoms with Crippen molar-refractivity contribution in [3.8, 4) is 5.75 Å². The number of piperidine rings is 1. The predicted molar refractivity (Wildman–Crippen MR) is 117 cm³/mol. The summed E-state index contributed by atoms with van der Waals surface area (Å²) in [5.74, 6) is 0.724. The zero-order valence-electron chi connectivity index (χ0n) is 16.6. The van der Waals surface area contributed by atoms with E-state index in [0.717, 1.165) is 25.1 Å². The zero-order valence-corrected chi connectivity index (χ0v) is 17.4. The summed E-state index contributed by atoms with van der Waals surface area (Å²) in [6.45, 7) is 3.61. The molecule has 4 rings (SSSR count). The molecule has 0 spiro atoms. The fourth-order valence-electron chi connectivity index (χ4n) is 3.81. The number of benzene rings is 1. The summed E-state index contributed by atoms with van der Waals surface area (Å²) in [4.78, 5) is 18.8. The van der Waals surface area contributed by atoms with E-state index in [0.29, 0.717) is 35.7 Å². The third kappa shape index (κ3) is 4.35. The van der Waals surface area contributed by atoms with Crippen molar-refractivity contribution in [3.63, 3.8) is 0 Å². The van der Waals surface area contributed by atoms with Gasteiger partial charge in [-0.2, -0.15) is 0 Å². The van der Waals surface area contributed by atoms with Crippen LogP contribution in [0.2, 0.25) is 0 Å². The molecule has 1 atom stereocenters. The average Bonchev–Trinajstić information content (AvgIpc) is 2.70. The first-order valence-electron chi connectivity index (χ1n) is 9.72. The van der Waals surface area contributed by atoms with Crippen LogP contribution < -0.4 is 15.2 Å². The number of pyridine rings is 1. The normalized spacial score (nSPS) is 21.1. The second-order valence-electron chi connectivity index (χ2n) is 7.53. The first kappa shape index (κ1) is 20.5. The standard InChI is InChI=1S/C20H25N5O4S/c1-13-10-15(7-8-22-13)20(26)25-9-3-4-14(11-25)12-29-17-6-2-5-16-18(17)19(21)24-30(27,28)23-16/h2,5-8,10,14,23,27-28H,3-4,9,11-12H2,1H3,(H2,21,24)/t14-/m0/s1. The largest absolute Gasteiger partial charge is 0.492 e. The van der Waals surface area contributed by atoms with Crippen LogP contribution in [0.1, 0.15) is 34.5 Å². The summed E-state index contributed by atoms with van der Waals surface area (Å²) in [5.41, 5.74) is 8.39. The van der Waals surface area contributed by atoms with Gasteiger partial charge in [-0.3, -0.25) is 23.6 Å². The van der Waals surface area contributed by atoms with Crippen molar-refractivity contribution in [2.75, 3.05) is 24.4 Å². The average molecular weight is 432 g/mol. The zero-order chi connectivity index (χ0) is 21.3. The number of hydrogen-bond donors (Lipinski definition) is 4. The molecule has 2 aromatic rings. The van der Waals surface area contributed by atoms with E-state index in [1.807, 2.05) is 11.8 Å². The molecule has 10 heteroatoms. The smallest absolute Gasteiger partial charge is 0.253 e. The van der Waals surface area contributed by atoms with E-state index in [1.54, 1.807) is 36.5 Å². The van der Waals surface area contributed by atoms with Crippen LogP contribution >= 0.6 is 11.0 Å². The van der Waals surface area contributed by atoms with Gasteiger partial charge in [0.15, 0.2) is 5.84 Å². The summed E-state index contributed by atoms with van der Waals surface area (Å²) in [6, 6.07) is 8.75. The third-order valence-corrected chi connectivity index (χ3v) is 6.12. The molecule has 9 nitrogen and oxygen atoms in total. The number of aromatic nitrogens is 1. The molecule has 2 aliphatic heterocycles. The highest BCUT2D eigenvalue weighted by molar-refractivity contribution is 8.24. The Hall–Kier alpha value is -2.82. The molecule has 1 amide bonds. The number of rotatable bonds is 4. The number of fused-ring (bicyclic) bond motifs is 1. The Morgan fingerprint density at radius 3 is 3.03 bits per heavy atom. The lowest BCUT2D eigenvalue weighted by Crippen LogP contribution is -2.41. The molecular weight excluding hydrogens is 406 g/mol. The fraction of sp³-hybridized carbons (Fsp3) is 0.350. The number of nitrogens with one attached hydrogen (secondary N) is 1. The van der Waals surface area contributed by atoms with Gasteiger partial charge in [0, 0.05) is 36.5 Å². The molecule has 5 N–H and O–H groups in total. The molecule has 0 bridgehead atoms. The van der Waals surface area contributed by atoms with E-state index in [1.165, 1.54) is 0 Å². The van der Waals surface area contributed by atoms with Crippen LogP contribution in [0.15, 0.2) is 40.9 Å². The maximum Gasteiger partial charge on any atom is 0.253 e. The van der Waals surface area contributed by atoms with Gasteiger partial charge in [-0.15, -0.1) is 4.40 Å². The number of amidine groups is 1. The Balaban J connectivity index is 1.43. The van der Waals surface area contributed by atoms with Gasteiger partial charge in [-0.25, -0.2) is 0 Å². The first-order chi connectivity index (χ1) is 14.3. The second kappa shape index (κ2) is 8.13. The van der Waals surface area contributed by atoms with Crippen LogP contribution in [0.4, 0.5) is 5.69 Å². The number of anilines is 1. The molecule has 1 fully saturated rings. The summed E-state index contributed by atoms with van der Waals surface area (Å²) in [6.07, 6.45) is 3.51. The summed E-state index contributed by atoms with van der Waals surface area (Å²) in [7, 11) is -3.34. The number of amides is 1. The SMILES string of the molecule is Cc1cc(C(=O)N2CCC[C@H](COc3cccc4c3C(N)=NS(O)(O)N4)C2)ccn1. The molecule has 0 unspecified atom stereocenters. The number of carbonyl (C=O) groups is 1. The Bertz CT molecular complexity index is 997. The van der Waals surface area contributed by atoms with Crippen molar-refractivity contribution in [1.82, 2.24) is 9.88 Å². The minimum absolute atomic E-state index is 0.00748. The number of carbonyl (C=O) groups excluding carboxylic acids is 1. The maximum absolute atomic E-state index is 12.8. The first-order valence-corrected chi connectivity index (χ1v) is 11.2. The van der Waals surface area contributed by atoms with E-state index in [9.17, 15) is 13.9 Å². The van der Waals surface area contributed by atoms with Gasteiger partial charge in [-0.1, -0.05) is 6.07 Å². The van der Waals surface area contributed by atoms with Gasteiger partial charge in [0.2, 0.25) is 0 Å². The topological polar surface area (TPSA) is 133 Å². The van der Waals surface area contributed by atoms with Crippen molar-refractivity contribution in [2.45, 2.75) is 19.8 Å². The molecule has 0 radical (unpaired) electrons. The van der Waals surface area contributed by atoms with Gasteiger partial charge < -0.3 is 15.4 Å². The maximum atomic E-state index is 12.8. The quantitative estimate of drug-likeness (QED) is 0.585. The van der Waals surface area contributed by atoms with Crippen molar-refractivity contribution in [2.24, 2.45) is 16.0 Å². The second-order valence-corrected chi connectivity index (χ2v) is 8.96. The molecular formula is C20H25N5O4S. The monoisotopic (exact) mass is 431 g/mol. The lowest BCUT2D eigenvalue weighted by atomic mass is 9.98. The van der Waals surface area contributed by atoms with Crippen LogP contribution in [-0.4, -0.2) is 50.4 Å². The van der Waals surface area contributed by atoms with E-state index in [2.05, 4.69) is 14.1 Å². The van der Waals surface area contributed by atoms with Crippen molar-refractivity contribution in [1.29, 1.82) is 0 Å². The van der Waals surface area contributed by atoms with Gasteiger partial charge in [0.25, 0.3) is 5.91 Å². The van der Waals surface area contributed by atoms with Gasteiger partial charge in [0.1, 0.15) is 5.75 Å². The molecule has 30 heavy (non-hydrogen) atoms. The molecule has 3 heterocycles. The van der Waals surface area contributed by atoms with Gasteiger partial charge in [-0.05, 0) is 55.0 Å². The number of nitrogens with zero attached hydrogens (tertiary/aromatic N) is 3. The van der Waals surface area contributed by atoms with Crippen molar-refractivity contribution in [3.05, 3.63) is 53.3 Å². The van der Waals surface area contributed by atoms with Crippen LogP contribution in [0, 0.1) is 12.8 Å². The Morgan fingerprint density at radius 1 is 1.40 bits per heavy atom. The summed E-state index contributed by atoms with van der Waals surface area (Å²) in [5, 5.41) is 0. The third-order valence-electron chi connectivity index (χ3n) is 5.18. The molecule has 0 aliphatic carbocycles. The molecule has 1 aromatic carbocycles. The van der Waals surface area contributed by atoms with E-state index >= 15 is 0 Å². The number of likely N-dealkylation sites (tertiary alicyclic amines) is 1. The van der Waals surface area contributed by atoms with E-state index < -0.39 is 11.0 Å². The van der Waals surface area contributed by atoms with Gasteiger partial charge in [0.05, 0.1) is 17.9 Å². The van der Waals surface area contributed by atoms with E-state index in [-0.39, 0.29) is 17.7 Å². The van der Waals surface area contributed by atoms with Crippen LogP contribution in [0.3, 0.4) is 0 Å². The molecule has 1 saturated heterocycles. The van der Waals surface area contributed by atoms with Crippen LogP contribution in [-0.2, 0) is 0 Å². The minimum atomic E-state index is -3.34. The highest BCUT2D eigenvalue weighted by Crippen LogP contribution is 2.46. The molecule has 160 valence electrons. The number of nitrogens with two attached hydrogens (primary N) is 1. The minimum Gasteiger partial charge on any atom is -0.492 e. The number of ether oxygens (including phenoxy) is 1. The summed E-state index contributed by atoms with van der Waals surface area (Å²) < 4.78 is 31.9. The molecule has 2 aliphatic rings.